The lowest BCUT2D eigenvalue weighted by Gasteiger charge is -2.38. The molecule has 6 aliphatic rings. The Morgan fingerprint density at radius 2 is 1.21 bits per heavy atom. The van der Waals surface area contributed by atoms with Gasteiger partial charge in [0, 0.05) is 0 Å². The molecule has 0 aromatic rings. The summed E-state index contributed by atoms with van der Waals surface area (Å²) >= 11 is 0. The smallest absolute Gasteiger partial charge is 0.229 e. The van der Waals surface area contributed by atoms with E-state index in [0.29, 0.717) is 0 Å². The van der Waals surface area contributed by atoms with Crippen LogP contribution >= 0.6 is 0 Å². The van der Waals surface area contributed by atoms with E-state index in [-0.39, 0.29) is 35.7 Å². The van der Waals surface area contributed by atoms with Gasteiger partial charge in [0.15, 0.2) is 0 Å². The third kappa shape index (κ3) is 0.880. The van der Waals surface area contributed by atoms with Crippen LogP contribution in [-0.2, 0) is 9.59 Å². The zero-order chi connectivity index (χ0) is 9.71. The van der Waals surface area contributed by atoms with E-state index >= 15 is 0 Å². The molecule has 4 heteroatoms. The fourth-order valence-electron chi connectivity index (χ4n) is 2.26. The van der Waals surface area contributed by atoms with Crippen LogP contribution in [0.1, 0.15) is 0 Å². The number of hydrogen-bond acceptors (Lipinski definition) is 2. The van der Waals surface area contributed by atoms with E-state index in [1.165, 1.54) is 0 Å². The van der Waals surface area contributed by atoms with Crippen LogP contribution in [0.4, 0.5) is 0 Å². The van der Waals surface area contributed by atoms with Crippen LogP contribution in [0.2, 0.25) is 0 Å². The van der Waals surface area contributed by atoms with E-state index in [9.17, 15) is 9.59 Å². The quantitative estimate of drug-likeness (QED) is 0.498. The average molecular weight is 190 g/mol. The summed E-state index contributed by atoms with van der Waals surface area (Å²) in [6, 6.07) is -0.340. The van der Waals surface area contributed by atoms with Gasteiger partial charge in [-0.15, -0.1) is 0 Å². The molecule has 14 heavy (non-hydrogen) atoms. The van der Waals surface area contributed by atoms with Crippen molar-refractivity contribution in [1.82, 2.24) is 10.6 Å². The van der Waals surface area contributed by atoms with E-state index in [0.717, 1.165) is 0 Å². The number of nitrogens with one attached hydrogen (secondary N) is 2. The van der Waals surface area contributed by atoms with Crippen molar-refractivity contribution in [1.29, 1.82) is 0 Å². The third-order valence-electron chi connectivity index (χ3n) is 3.05. The number of carbonyl (C=O) groups excluding carboxylic acids is 2. The van der Waals surface area contributed by atoms with E-state index in [1.54, 1.807) is 0 Å². The third-order valence-corrected chi connectivity index (χ3v) is 3.05. The maximum Gasteiger partial charge on any atom is 0.229 e. The first kappa shape index (κ1) is 7.79. The Balaban J connectivity index is 2.12. The molecule has 72 valence electrons. The molecule has 0 radical (unpaired) electrons. The Labute approximate surface area is 81.0 Å². The number of amides is 2. The molecule has 4 atom stereocenters. The highest BCUT2D eigenvalue weighted by Gasteiger charge is 2.41. The van der Waals surface area contributed by atoms with Gasteiger partial charge in [0.05, 0.1) is 23.9 Å². The average Bonchev–Trinajstić information content (AvgIpc) is 2.13. The van der Waals surface area contributed by atoms with Crippen LogP contribution < -0.4 is 10.6 Å². The number of hydrogen-bond donors (Lipinski definition) is 2. The molecule has 0 aromatic heterocycles. The molecule has 1 fully saturated rings. The Morgan fingerprint density at radius 1 is 0.786 bits per heavy atom. The first-order chi connectivity index (χ1) is 6.75. The topological polar surface area (TPSA) is 58.2 Å². The largest absolute Gasteiger partial charge is 0.348 e. The second-order valence-corrected chi connectivity index (χ2v) is 3.89. The minimum absolute atomic E-state index is 0.0110. The predicted octanol–water partition coefficient (Wildman–Crippen LogP) is -0.658. The van der Waals surface area contributed by atoms with Crippen molar-refractivity contribution < 1.29 is 9.59 Å². The highest BCUT2D eigenvalue weighted by atomic mass is 16.2. The molecular weight excluding hydrogens is 180 g/mol. The van der Waals surface area contributed by atoms with Gasteiger partial charge in [-0.25, -0.2) is 0 Å². The molecule has 0 saturated carbocycles. The normalized spacial score (nSPS) is 43.1. The van der Waals surface area contributed by atoms with Gasteiger partial charge in [-0.05, 0) is 0 Å². The lowest BCUT2D eigenvalue weighted by Crippen LogP contribution is -2.60. The summed E-state index contributed by atoms with van der Waals surface area (Å²) < 4.78 is 0. The highest BCUT2D eigenvalue weighted by molar-refractivity contribution is 5.91. The molecule has 5 aliphatic heterocycles. The van der Waals surface area contributed by atoms with E-state index in [4.69, 9.17) is 0 Å². The predicted molar refractivity (Wildman–Crippen MR) is 49.1 cm³/mol. The molecule has 1 aliphatic carbocycles. The van der Waals surface area contributed by atoms with E-state index < -0.39 is 0 Å². The molecule has 0 unspecified atom stereocenters. The van der Waals surface area contributed by atoms with E-state index in [1.807, 2.05) is 24.3 Å². The van der Waals surface area contributed by atoms with E-state index in [2.05, 4.69) is 10.6 Å². The van der Waals surface area contributed by atoms with Crippen LogP contribution in [0, 0.1) is 11.8 Å². The fraction of sp³-hybridized carbons (Fsp3) is 0.400. The monoisotopic (exact) mass is 190 g/mol. The molecular formula is C10H10N2O2. The van der Waals surface area contributed by atoms with Crippen LogP contribution in [0.3, 0.4) is 0 Å². The summed E-state index contributed by atoms with van der Waals surface area (Å²) in [7, 11) is 0. The molecule has 0 spiro atoms. The molecule has 5 heterocycles. The van der Waals surface area contributed by atoms with Crippen LogP contribution in [0.15, 0.2) is 24.3 Å². The summed E-state index contributed by atoms with van der Waals surface area (Å²) in [5.41, 5.74) is 0. The van der Waals surface area contributed by atoms with Gasteiger partial charge in [0.25, 0.3) is 0 Å². The van der Waals surface area contributed by atoms with Crippen LogP contribution in [-0.4, -0.2) is 23.9 Å². The molecule has 4 bridgehead atoms. The van der Waals surface area contributed by atoms with Gasteiger partial charge >= 0.3 is 0 Å². The second-order valence-electron chi connectivity index (χ2n) is 3.89. The molecule has 1 saturated heterocycles. The summed E-state index contributed by atoms with van der Waals surface area (Å²) in [4.78, 5) is 23.2. The summed E-state index contributed by atoms with van der Waals surface area (Å²) in [6.45, 7) is 0. The van der Waals surface area contributed by atoms with Gasteiger partial charge in [0.1, 0.15) is 0 Å². The van der Waals surface area contributed by atoms with Crippen molar-refractivity contribution in [2.24, 2.45) is 11.8 Å². The number of carbonyl (C=O) groups is 2. The van der Waals surface area contributed by atoms with Crippen LogP contribution in [0.25, 0.3) is 0 Å². The zero-order valence-corrected chi connectivity index (χ0v) is 7.44. The van der Waals surface area contributed by atoms with Crippen molar-refractivity contribution >= 4 is 11.8 Å². The van der Waals surface area contributed by atoms with Crippen LogP contribution in [0.5, 0.6) is 0 Å². The molecule has 6 rings (SSSR count). The summed E-state index contributed by atoms with van der Waals surface area (Å²) in [5.74, 6) is -0.464. The summed E-state index contributed by atoms with van der Waals surface area (Å²) in [5, 5.41) is 5.68. The molecule has 4 nitrogen and oxygen atoms in total. The molecule has 0 aromatic carbocycles. The molecule has 2 amide bonds. The maximum atomic E-state index is 11.6. The fourth-order valence-corrected chi connectivity index (χ4v) is 2.26. The van der Waals surface area contributed by atoms with Gasteiger partial charge in [0.2, 0.25) is 11.8 Å². The lowest BCUT2D eigenvalue weighted by atomic mass is 9.81. The Morgan fingerprint density at radius 3 is 1.57 bits per heavy atom. The van der Waals surface area contributed by atoms with Crippen molar-refractivity contribution in [3.63, 3.8) is 0 Å². The van der Waals surface area contributed by atoms with Crippen molar-refractivity contribution in [3.05, 3.63) is 24.3 Å². The summed E-state index contributed by atoms with van der Waals surface area (Å²) in [6.07, 6.45) is 7.63. The van der Waals surface area contributed by atoms with Gasteiger partial charge in [-0.3, -0.25) is 9.59 Å². The maximum absolute atomic E-state index is 11.6. The highest BCUT2D eigenvalue weighted by Crippen LogP contribution is 2.26. The Hall–Kier alpha value is -1.58. The Bertz CT molecular complexity index is 336. The SMILES string of the molecule is O=C1N[C@@H]2C=C[C@H]1[C@@H]1C=C[C@H]2C(=O)N1. The minimum atomic E-state index is -0.243. The lowest BCUT2D eigenvalue weighted by molar-refractivity contribution is -0.131. The number of rotatable bonds is 0. The zero-order valence-electron chi connectivity index (χ0n) is 7.44. The first-order valence-electron chi connectivity index (χ1n) is 4.73. The Kier molecular flexibility index (Phi) is 1.37. The standard InChI is InChI=1S/C10H10N2O2/c13-9-5-1-3-7(11-9)6-2-4-8(5)12-10(6)14/h1-8H,(H,11,13)(H,12,14)/t5-,6+,7+,8-. The van der Waals surface area contributed by atoms with Crippen molar-refractivity contribution in [3.8, 4) is 0 Å². The first-order valence-corrected chi connectivity index (χ1v) is 4.73. The van der Waals surface area contributed by atoms with Crippen molar-refractivity contribution in [2.75, 3.05) is 0 Å². The minimum Gasteiger partial charge on any atom is -0.348 e. The van der Waals surface area contributed by atoms with Gasteiger partial charge < -0.3 is 10.6 Å². The van der Waals surface area contributed by atoms with Crippen molar-refractivity contribution in [2.45, 2.75) is 12.1 Å². The molecule has 2 N–H and O–H groups in total. The van der Waals surface area contributed by atoms with Gasteiger partial charge in [-0.1, -0.05) is 24.3 Å². The second kappa shape index (κ2) is 2.47. The van der Waals surface area contributed by atoms with Gasteiger partial charge in [-0.2, -0.15) is 0 Å².